The smallest absolute Gasteiger partial charge is 0.251 e. The molecule has 0 radical (unpaired) electrons. The summed E-state index contributed by atoms with van der Waals surface area (Å²) in [6.45, 7) is 5.04. The first kappa shape index (κ1) is 18.3. The van der Waals surface area contributed by atoms with E-state index < -0.39 is 0 Å². The number of carbonyl (C=O) groups is 1. The second kappa shape index (κ2) is 7.49. The standard InChI is InChI=1S/C24H24N2O2/c1-16-14-20(24(28)25-12-13-27)17(2)22-19-10-6-7-11-21(19)26(23(16)22)15-18-8-4-3-5-9-18/h3-11,14,27H,12-13,15H2,1-2H3,(H,25,28). The van der Waals surface area contributed by atoms with E-state index in [2.05, 4.69) is 59.3 Å². The summed E-state index contributed by atoms with van der Waals surface area (Å²) in [5, 5.41) is 14.1. The number of aromatic nitrogens is 1. The second-order valence-corrected chi connectivity index (χ2v) is 7.16. The van der Waals surface area contributed by atoms with Crippen molar-refractivity contribution in [1.29, 1.82) is 0 Å². The molecule has 0 saturated carbocycles. The van der Waals surface area contributed by atoms with Crippen LogP contribution in [0.15, 0.2) is 60.7 Å². The quantitative estimate of drug-likeness (QED) is 0.552. The fourth-order valence-electron chi connectivity index (χ4n) is 4.05. The van der Waals surface area contributed by atoms with Gasteiger partial charge in [0.1, 0.15) is 0 Å². The van der Waals surface area contributed by atoms with Crippen LogP contribution in [0.25, 0.3) is 21.8 Å². The molecule has 0 bridgehead atoms. The highest BCUT2D eigenvalue weighted by Crippen LogP contribution is 2.35. The highest BCUT2D eigenvalue weighted by Gasteiger charge is 2.19. The van der Waals surface area contributed by atoms with E-state index in [4.69, 9.17) is 5.11 Å². The van der Waals surface area contributed by atoms with Crippen LogP contribution in [0.4, 0.5) is 0 Å². The molecule has 1 aromatic heterocycles. The molecule has 142 valence electrons. The highest BCUT2D eigenvalue weighted by atomic mass is 16.3. The number of carbonyl (C=O) groups excluding carboxylic acids is 1. The van der Waals surface area contributed by atoms with Crippen LogP contribution in [0.2, 0.25) is 0 Å². The van der Waals surface area contributed by atoms with Crippen LogP contribution >= 0.6 is 0 Å². The Labute approximate surface area is 164 Å². The molecule has 0 saturated heterocycles. The summed E-state index contributed by atoms with van der Waals surface area (Å²) in [7, 11) is 0. The van der Waals surface area contributed by atoms with E-state index in [0.717, 1.165) is 28.4 Å². The molecule has 4 rings (SSSR count). The molecule has 4 heteroatoms. The summed E-state index contributed by atoms with van der Waals surface area (Å²) in [5.41, 5.74) is 6.29. The Morgan fingerprint density at radius 3 is 2.50 bits per heavy atom. The Morgan fingerprint density at radius 2 is 1.75 bits per heavy atom. The van der Waals surface area contributed by atoms with E-state index in [-0.39, 0.29) is 19.1 Å². The zero-order valence-electron chi connectivity index (χ0n) is 16.2. The largest absolute Gasteiger partial charge is 0.395 e. The Kier molecular flexibility index (Phi) is 4.88. The first-order valence-electron chi connectivity index (χ1n) is 9.56. The minimum atomic E-state index is -0.142. The lowest BCUT2D eigenvalue weighted by molar-refractivity contribution is 0.0944. The van der Waals surface area contributed by atoms with Gasteiger partial charge in [-0.25, -0.2) is 0 Å². The number of hydrogen-bond acceptors (Lipinski definition) is 2. The van der Waals surface area contributed by atoms with Gasteiger partial charge in [-0.3, -0.25) is 4.79 Å². The van der Waals surface area contributed by atoms with Crippen molar-refractivity contribution in [3.63, 3.8) is 0 Å². The number of aliphatic hydroxyl groups excluding tert-OH is 1. The van der Waals surface area contributed by atoms with Crippen molar-refractivity contribution in [1.82, 2.24) is 9.88 Å². The third kappa shape index (κ3) is 3.06. The van der Waals surface area contributed by atoms with Crippen LogP contribution in [0.3, 0.4) is 0 Å². The van der Waals surface area contributed by atoms with Gasteiger partial charge < -0.3 is 15.0 Å². The van der Waals surface area contributed by atoms with Crippen molar-refractivity contribution < 1.29 is 9.90 Å². The van der Waals surface area contributed by atoms with Crippen LogP contribution in [-0.4, -0.2) is 28.7 Å². The molecule has 0 spiro atoms. The van der Waals surface area contributed by atoms with Crippen LogP contribution in [-0.2, 0) is 6.54 Å². The van der Waals surface area contributed by atoms with Gasteiger partial charge in [-0.2, -0.15) is 0 Å². The van der Waals surface area contributed by atoms with Crippen molar-refractivity contribution in [3.05, 3.63) is 82.9 Å². The number of aliphatic hydroxyl groups is 1. The maximum Gasteiger partial charge on any atom is 0.251 e. The second-order valence-electron chi connectivity index (χ2n) is 7.16. The minimum absolute atomic E-state index is 0.0671. The van der Waals surface area contributed by atoms with Gasteiger partial charge in [-0.15, -0.1) is 0 Å². The van der Waals surface area contributed by atoms with Gasteiger partial charge in [-0.1, -0.05) is 48.5 Å². The predicted molar refractivity (Wildman–Crippen MR) is 114 cm³/mol. The Bertz CT molecular complexity index is 1160. The summed E-state index contributed by atoms with van der Waals surface area (Å²) in [6.07, 6.45) is 0. The molecule has 1 heterocycles. The summed E-state index contributed by atoms with van der Waals surface area (Å²) in [5.74, 6) is -0.142. The maximum atomic E-state index is 12.6. The molecule has 0 unspecified atom stereocenters. The number of fused-ring (bicyclic) bond motifs is 3. The molecular formula is C24H24N2O2. The fraction of sp³-hybridized carbons (Fsp3) is 0.208. The predicted octanol–water partition coefficient (Wildman–Crippen LogP) is 4.18. The zero-order valence-corrected chi connectivity index (χ0v) is 16.2. The lowest BCUT2D eigenvalue weighted by atomic mass is 9.98. The van der Waals surface area contributed by atoms with Gasteiger partial charge in [0.25, 0.3) is 5.91 Å². The maximum absolute atomic E-state index is 12.6. The molecule has 0 atom stereocenters. The van der Waals surface area contributed by atoms with Crippen LogP contribution < -0.4 is 5.32 Å². The molecule has 0 aliphatic rings. The van der Waals surface area contributed by atoms with Crippen LogP contribution in [0, 0.1) is 13.8 Å². The molecule has 0 aliphatic heterocycles. The van der Waals surface area contributed by atoms with Crippen molar-refractivity contribution in [3.8, 4) is 0 Å². The summed E-state index contributed by atoms with van der Waals surface area (Å²) >= 11 is 0. The van der Waals surface area contributed by atoms with E-state index >= 15 is 0 Å². The summed E-state index contributed by atoms with van der Waals surface area (Å²) in [4.78, 5) is 12.6. The highest BCUT2D eigenvalue weighted by molar-refractivity contribution is 6.14. The first-order valence-corrected chi connectivity index (χ1v) is 9.56. The molecular weight excluding hydrogens is 348 g/mol. The number of nitrogens with zero attached hydrogens (tertiary/aromatic N) is 1. The Morgan fingerprint density at radius 1 is 1.04 bits per heavy atom. The fourth-order valence-corrected chi connectivity index (χ4v) is 4.05. The Balaban J connectivity index is 1.97. The number of rotatable bonds is 5. The monoisotopic (exact) mass is 372 g/mol. The van der Waals surface area contributed by atoms with E-state index in [0.29, 0.717) is 5.56 Å². The number of amides is 1. The third-order valence-corrected chi connectivity index (χ3v) is 5.31. The number of aryl methyl sites for hydroxylation is 2. The molecule has 0 aliphatic carbocycles. The van der Waals surface area contributed by atoms with Crippen molar-refractivity contribution in [2.24, 2.45) is 0 Å². The number of hydrogen-bond donors (Lipinski definition) is 2. The molecule has 0 fully saturated rings. The topological polar surface area (TPSA) is 54.3 Å². The van der Waals surface area contributed by atoms with Gasteiger partial charge in [0.2, 0.25) is 0 Å². The Hall–Kier alpha value is -3.11. The number of nitrogens with one attached hydrogen (secondary N) is 1. The lowest BCUT2D eigenvalue weighted by Crippen LogP contribution is -2.27. The van der Waals surface area contributed by atoms with Crippen molar-refractivity contribution in [2.45, 2.75) is 20.4 Å². The minimum Gasteiger partial charge on any atom is -0.395 e. The average Bonchev–Trinajstić information content (AvgIpc) is 3.05. The third-order valence-electron chi connectivity index (χ3n) is 5.31. The SMILES string of the molecule is Cc1c(C(=O)NCCO)cc(C)c2c1c1ccccc1n2Cc1ccccc1. The summed E-state index contributed by atoms with van der Waals surface area (Å²) < 4.78 is 2.34. The van der Waals surface area contributed by atoms with Crippen LogP contribution in [0.1, 0.15) is 27.0 Å². The number of benzene rings is 3. The lowest BCUT2D eigenvalue weighted by Gasteiger charge is -2.13. The average molecular weight is 372 g/mol. The van der Waals surface area contributed by atoms with Gasteiger partial charge >= 0.3 is 0 Å². The zero-order chi connectivity index (χ0) is 19.7. The van der Waals surface area contributed by atoms with E-state index in [1.54, 1.807) is 0 Å². The van der Waals surface area contributed by atoms with Crippen molar-refractivity contribution in [2.75, 3.05) is 13.2 Å². The summed E-state index contributed by atoms with van der Waals surface area (Å²) in [6, 6.07) is 20.8. The molecule has 2 N–H and O–H groups in total. The molecule has 4 aromatic rings. The van der Waals surface area contributed by atoms with E-state index in [1.165, 1.54) is 16.6 Å². The molecule has 28 heavy (non-hydrogen) atoms. The van der Waals surface area contributed by atoms with E-state index in [9.17, 15) is 4.79 Å². The van der Waals surface area contributed by atoms with Gasteiger partial charge in [0.05, 0.1) is 12.1 Å². The van der Waals surface area contributed by atoms with Gasteiger partial charge in [-0.05, 0) is 42.7 Å². The molecule has 1 amide bonds. The normalized spacial score (nSPS) is 11.2. The van der Waals surface area contributed by atoms with Gasteiger partial charge in [0, 0.05) is 34.9 Å². The van der Waals surface area contributed by atoms with Crippen LogP contribution in [0.5, 0.6) is 0 Å². The van der Waals surface area contributed by atoms with E-state index in [1.807, 2.05) is 25.1 Å². The van der Waals surface area contributed by atoms with Crippen molar-refractivity contribution >= 4 is 27.7 Å². The van der Waals surface area contributed by atoms with Gasteiger partial charge in [0.15, 0.2) is 0 Å². The first-order chi connectivity index (χ1) is 13.6. The molecule has 3 aromatic carbocycles. The molecule has 4 nitrogen and oxygen atoms in total. The number of para-hydroxylation sites is 1.